The van der Waals surface area contributed by atoms with Crippen LogP contribution < -0.4 is 0 Å². The third-order valence-electron chi connectivity index (χ3n) is 3.65. The summed E-state index contributed by atoms with van der Waals surface area (Å²) in [5, 5.41) is 8.42. The number of carboxylic acids is 1. The first-order valence-electron chi connectivity index (χ1n) is 8.58. The summed E-state index contributed by atoms with van der Waals surface area (Å²) in [5.41, 5.74) is 0. The number of carboxylic acid groups (broad SMARTS) is 1. The second kappa shape index (κ2) is 15.3. The fraction of sp³-hybridized carbons (Fsp3) is 0.778. The van der Waals surface area contributed by atoms with Gasteiger partial charge in [0.2, 0.25) is 0 Å². The van der Waals surface area contributed by atoms with Crippen LogP contribution in [0, 0.1) is 0 Å². The van der Waals surface area contributed by atoms with Crippen molar-refractivity contribution in [1.82, 2.24) is 0 Å². The smallest absolute Gasteiger partial charge is 0.327 e. The Morgan fingerprint density at radius 2 is 1.33 bits per heavy atom. The topological polar surface area (TPSA) is 54.4 Å². The van der Waals surface area contributed by atoms with Gasteiger partial charge in [0.15, 0.2) is 0 Å². The minimum atomic E-state index is -0.866. The number of Topliss-reactive ketones (excluding diaryl/α,β-unsaturated/α-hetero) is 1. The summed E-state index contributed by atoms with van der Waals surface area (Å²) >= 11 is 0. The molecule has 0 saturated carbocycles. The standard InChI is InChI=1S/C18H32O3/c1-2-3-4-11-14-17(19)15-12-9-7-5-6-8-10-13-16-18(20)21/h13,16H,2-12,14-15H2,1H3,(H,20,21). The molecule has 1 N–H and O–H groups in total. The van der Waals surface area contributed by atoms with Crippen molar-refractivity contribution in [1.29, 1.82) is 0 Å². The van der Waals surface area contributed by atoms with Crippen LogP contribution in [0.15, 0.2) is 12.2 Å². The predicted octanol–water partition coefficient (Wildman–Crippen LogP) is 5.29. The average molecular weight is 296 g/mol. The molecule has 0 bridgehead atoms. The van der Waals surface area contributed by atoms with E-state index in [0.29, 0.717) is 5.78 Å². The third kappa shape index (κ3) is 16.8. The van der Waals surface area contributed by atoms with E-state index >= 15 is 0 Å². The molecule has 0 aliphatic carbocycles. The molecule has 0 aromatic carbocycles. The first-order valence-corrected chi connectivity index (χ1v) is 8.58. The van der Waals surface area contributed by atoms with Crippen LogP contribution in [0.2, 0.25) is 0 Å². The largest absolute Gasteiger partial charge is 0.478 e. The molecule has 3 nitrogen and oxygen atoms in total. The van der Waals surface area contributed by atoms with Crippen molar-refractivity contribution in [3.05, 3.63) is 12.2 Å². The SMILES string of the molecule is CCCCCCC(=O)CCCCCCCCC=CC(=O)O. The van der Waals surface area contributed by atoms with Crippen molar-refractivity contribution in [2.75, 3.05) is 0 Å². The molecule has 0 radical (unpaired) electrons. The summed E-state index contributed by atoms with van der Waals surface area (Å²) in [4.78, 5) is 21.9. The summed E-state index contributed by atoms with van der Waals surface area (Å²) < 4.78 is 0. The quantitative estimate of drug-likeness (QED) is 0.330. The van der Waals surface area contributed by atoms with E-state index in [4.69, 9.17) is 5.11 Å². The van der Waals surface area contributed by atoms with Gasteiger partial charge < -0.3 is 5.11 Å². The monoisotopic (exact) mass is 296 g/mol. The van der Waals surface area contributed by atoms with Crippen LogP contribution in [0.3, 0.4) is 0 Å². The van der Waals surface area contributed by atoms with Gasteiger partial charge in [-0.15, -0.1) is 0 Å². The Hall–Kier alpha value is -1.12. The van der Waals surface area contributed by atoms with Crippen molar-refractivity contribution in [3.63, 3.8) is 0 Å². The van der Waals surface area contributed by atoms with E-state index in [0.717, 1.165) is 51.4 Å². The number of ketones is 1. The molecule has 0 spiro atoms. The van der Waals surface area contributed by atoms with E-state index in [1.807, 2.05) is 0 Å². The van der Waals surface area contributed by atoms with Crippen LogP contribution >= 0.6 is 0 Å². The number of hydrogen-bond acceptors (Lipinski definition) is 2. The number of allylic oxidation sites excluding steroid dienone is 1. The van der Waals surface area contributed by atoms with E-state index in [1.54, 1.807) is 6.08 Å². The summed E-state index contributed by atoms with van der Waals surface area (Å²) in [7, 11) is 0. The number of aliphatic carboxylic acids is 1. The molecule has 0 aliphatic heterocycles. The molecule has 0 aliphatic rings. The average Bonchev–Trinajstić information content (AvgIpc) is 2.45. The Balaban J connectivity index is 3.21. The van der Waals surface area contributed by atoms with Crippen molar-refractivity contribution < 1.29 is 14.7 Å². The van der Waals surface area contributed by atoms with Gasteiger partial charge in [0, 0.05) is 18.9 Å². The zero-order valence-electron chi connectivity index (χ0n) is 13.6. The molecular weight excluding hydrogens is 264 g/mol. The maximum absolute atomic E-state index is 11.6. The van der Waals surface area contributed by atoms with Gasteiger partial charge in [0.25, 0.3) is 0 Å². The molecule has 0 unspecified atom stereocenters. The lowest BCUT2D eigenvalue weighted by molar-refractivity contribution is -0.131. The highest BCUT2D eigenvalue weighted by molar-refractivity contribution is 5.79. The number of carbonyl (C=O) groups excluding carboxylic acids is 1. The maximum atomic E-state index is 11.6. The Bertz CT molecular complexity index is 295. The molecule has 0 heterocycles. The summed E-state index contributed by atoms with van der Waals surface area (Å²) in [6.45, 7) is 2.18. The lowest BCUT2D eigenvalue weighted by Gasteiger charge is -2.02. The van der Waals surface area contributed by atoms with E-state index in [9.17, 15) is 9.59 Å². The first-order chi connectivity index (χ1) is 10.2. The normalized spacial score (nSPS) is 11.1. The number of hydrogen-bond donors (Lipinski definition) is 1. The van der Waals surface area contributed by atoms with Gasteiger partial charge in [-0.25, -0.2) is 4.79 Å². The van der Waals surface area contributed by atoms with Gasteiger partial charge in [0.1, 0.15) is 5.78 Å². The molecule has 21 heavy (non-hydrogen) atoms. The maximum Gasteiger partial charge on any atom is 0.327 e. The second-order valence-corrected chi connectivity index (χ2v) is 5.75. The van der Waals surface area contributed by atoms with Crippen molar-refractivity contribution in [2.45, 2.75) is 90.4 Å². The summed E-state index contributed by atoms with van der Waals surface area (Å²) in [6, 6.07) is 0. The Morgan fingerprint density at radius 3 is 1.90 bits per heavy atom. The predicted molar refractivity (Wildman–Crippen MR) is 87.5 cm³/mol. The summed E-state index contributed by atoms with van der Waals surface area (Å²) in [6.07, 6.45) is 16.8. The zero-order valence-corrected chi connectivity index (χ0v) is 13.6. The van der Waals surface area contributed by atoms with Crippen molar-refractivity contribution in [3.8, 4) is 0 Å². The third-order valence-corrected chi connectivity index (χ3v) is 3.65. The van der Waals surface area contributed by atoms with Gasteiger partial charge in [-0.05, 0) is 25.7 Å². The van der Waals surface area contributed by atoms with Crippen LogP contribution in [0.25, 0.3) is 0 Å². The molecular formula is C18H32O3. The highest BCUT2D eigenvalue weighted by atomic mass is 16.4. The molecule has 0 fully saturated rings. The minimum Gasteiger partial charge on any atom is -0.478 e. The Kier molecular flexibility index (Phi) is 14.5. The Morgan fingerprint density at radius 1 is 0.810 bits per heavy atom. The molecule has 0 saturated heterocycles. The van der Waals surface area contributed by atoms with E-state index < -0.39 is 5.97 Å². The highest BCUT2D eigenvalue weighted by Gasteiger charge is 2.01. The molecule has 0 rings (SSSR count). The van der Waals surface area contributed by atoms with Crippen LogP contribution in [-0.2, 0) is 9.59 Å². The van der Waals surface area contributed by atoms with Crippen molar-refractivity contribution in [2.24, 2.45) is 0 Å². The van der Waals surface area contributed by atoms with Crippen LogP contribution in [0.5, 0.6) is 0 Å². The molecule has 3 heteroatoms. The molecule has 122 valence electrons. The second-order valence-electron chi connectivity index (χ2n) is 5.75. The van der Waals surface area contributed by atoms with Gasteiger partial charge in [-0.2, -0.15) is 0 Å². The highest BCUT2D eigenvalue weighted by Crippen LogP contribution is 2.11. The van der Waals surface area contributed by atoms with Gasteiger partial charge in [-0.1, -0.05) is 57.9 Å². The number of unbranched alkanes of at least 4 members (excludes halogenated alkanes) is 9. The van der Waals surface area contributed by atoms with Crippen LogP contribution in [-0.4, -0.2) is 16.9 Å². The van der Waals surface area contributed by atoms with Gasteiger partial charge in [-0.3, -0.25) is 4.79 Å². The molecule has 0 atom stereocenters. The van der Waals surface area contributed by atoms with Gasteiger partial charge >= 0.3 is 5.97 Å². The van der Waals surface area contributed by atoms with Crippen LogP contribution in [0.4, 0.5) is 0 Å². The van der Waals surface area contributed by atoms with E-state index in [1.165, 1.54) is 38.2 Å². The fourth-order valence-corrected chi connectivity index (χ4v) is 2.35. The zero-order chi connectivity index (χ0) is 15.8. The lowest BCUT2D eigenvalue weighted by Crippen LogP contribution is -1.97. The number of rotatable bonds is 15. The minimum absolute atomic E-state index is 0.435. The van der Waals surface area contributed by atoms with Gasteiger partial charge in [0.05, 0.1) is 0 Å². The Labute approximate surface area is 129 Å². The van der Waals surface area contributed by atoms with E-state index in [-0.39, 0.29) is 0 Å². The number of carbonyl (C=O) groups is 2. The van der Waals surface area contributed by atoms with E-state index in [2.05, 4.69) is 6.92 Å². The molecule has 0 aromatic heterocycles. The molecule has 0 aromatic rings. The molecule has 0 amide bonds. The fourth-order valence-electron chi connectivity index (χ4n) is 2.35. The first kappa shape index (κ1) is 19.9. The van der Waals surface area contributed by atoms with Crippen molar-refractivity contribution >= 4 is 11.8 Å². The lowest BCUT2D eigenvalue weighted by atomic mass is 10.0. The van der Waals surface area contributed by atoms with Crippen LogP contribution in [0.1, 0.15) is 90.4 Å². The summed E-state index contributed by atoms with van der Waals surface area (Å²) in [5.74, 6) is -0.431.